The standard InChI is InChI=1S/C19H25NO3/c1-22-17-10-13-9-15(12-21)20-8-4-6-14-5-3-7-19(14,20)16(13)11-18(17)23-2/h3,7,10-11,14-15,21H,4-6,8-9,12H2,1-2H3/t14-,15-,19-/m0/s1. The lowest BCUT2D eigenvalue weighted by atomic mass is 9.68. The molecule has 0 bridgehead atoms. The van der Waals surface area contributed by atoms with Crippen LogP contribution < -0.4 is 9.47 Å². The van der Waals surface area contributed by atoms with E-state index in [4.69, 9.17) is 9.47 Å². The van der Waals surface area contributed by atoms with E-state index < -0.39 is 0 Å². The van der Waals surface area contributed by atoms with Crippen molar-refractivity contribution in [2.24, 2.45) is 5.92 Å². The maximum atomic E-state index is 9.98. The molecule has 2 aliphatic heterocycles. The molecule has 0 aromatic heterocycles. The number of fused-ring (bicyclic) bond motifs is 1. The van der Waals surface area contributed by atoms with Crippen LogP contribution in [0.4, 0.5) is 0 Å². The zero-order valence-corrected chi connectivity index (χ0v) is 13.9. The maximum absolute atomic E-state index is 9.98. The molecule has 0 unspecified atom stereocenters. The molecule has 2 heterocycles. The Morgan fingerprint density at radius 1 is 1.26 bits per heavy atom. The van der Waals surface area contributed by atoms with Crippen molar-refractivity contribution in [3.8, 4) is 11.5 Å². The van der Waals surface area contributed by atoms with Crippen LogP contribution in [0.1, 0.15) is 30.4 Å². The van der Waals surface area contributed by atoms with Gasteiger partial charge in [-0.15, -0.1) is 0 Å². The van der Waals surface area contributed by atoms with Gasteiger partial charge in [0.2, 0.25) is 0 Å². The molecule has 1 saturated heterocycles. The summed E-state index contributed by atoms with van der Waals surface area (Å²) in [6.07, 6.45) is 9.16. The Morgan fingerprint density at radius 2 is 2.04 bits per heavy atom. The third-order valence-corrected chi connectivity index (χ3v) is 5.99. The van der Waals surface area contributed by atoms with Crippen molar-refractivity contribution in [3.05, 3.63) is 35.4 Å². The Bertz CT molecular complexity index is 642. The van der Waals surface area contributed by atoms with Gasteiger partial charge in [0.15, 0.2) is 11.5 Å². The number of hydrogen-bond acceptors (Lipinski definition) is 4. The lowest BCUT2D eigenvalue weighted by Crippen LogP contribution is -2.60. The minimum Gasteiger partial charge on any atom is -0.493 e. The van der Waals surface area contributed by atoms with E-state index in [1.165, 1.54) is 24.0 Å². The van der Waals surface area contributed by atoms with Crippen molar-refractivity contribution >= 4 is 0 Å². The van der Waals surface area contributed by atoms with E-state index in [9.17, 15) is 5.11 Å². The van der Waals surface area contributed by atoms with E-state index in [1.807, 2.05) is 0 Å². The predicted octanol–water partition coefficient (Wildman–Crippen LogP) is 2.49. The van der Waals surface area contributed by atoms with Gasteiger partial charge in [-0.05, 0) is 61.4 Å². The molecule has 1 aliphatic carbocycles. The third kappa shape index (κ3) is 1.98. The quantitative estimate of drug-likeness (QED) is 0.870. The Morgan fingerprint density at radius 3 is 2.78 bits per heavy atom. The molecule has 1 aromatic rings. The molecule has 4 nitrogen and oxygen atoms in total. The molecule has 3 aliphatic rings. The lowest BCUT2D eigenvalue weighted by molar-refractivity contribution is -0.0287. The summed E-state index contributed by atoms with van der Waals surface area (Å²) in [5.41, 5.74) is 2.56. The van der Waals surface area contributed by atoms with E-state index in [0.717, 1.165) is 30.9 Å². The summed E-state index contributed by atoms with van der Waals surface area (Å²) in [6.45, 7) is 1.26. The molecule has 3 atom stereocenters. The number of aliphatic hydroxyl groups excluding tert-OH is 1. The first-order valence-electron chi connectivity index (χ1n) is 8.55. The van der Waals surface area contributed by atoms with Crippen LogP contribution in [-0.4, -0.2) is 43.4 Å². The van der Waals surface area contributed by atoms with Gasteiger partial charge in [-0.1, -0.05) is 12.2 Å². The van der Waals surface area contributed by atoms with Gasteiger partial charge in [-0.25, -0.2) is 0 Å². The molecule has 4 rings (SSSR count). The summed E-state index contributed by atoms with van der Waals surface area (Å²) in [7, 11) is 3.38. The first kappa shape index (κ1) is 15.0. The highest BCUT2D eigenvalue weighted by Gasteiger charge is 2.53. The number of rotatable bonds is 3. The van der Waals surface area contributed by atoms with Gasteiger partial charge in [0.1, 0.15) is 0 Å². The number of allylic oxidation sites excluding steroid dienone is 1. The summed E-state index contributed by atoms with van der Waals surface area (Å²) in [6, 6.07) is 4.47. The molecule has 0 saturated carbocycles. The Labute approximate surface area is 137 Å². The molecule has 1 N–H and O–H groups in total. The van der Waals surface area contributed by atoms with E-state index in [1.54, 1.807) is 14.2 Å². The van der Waals surface area contributed by atoms with Crippen molar-refractivity contribution in [2.45, 2.75) is 37.3 Å². The second kappa shape index (κ2) is 5.53. The minimum atomic E-state index is -0.0707. The van der Waals surface area contributed by atoms with E-state index in [-0.39, 0.29) is 18.2 Å². The van der Waals surface area contributed by atoms with Crippen LogP contribution in [0.15, 0.2) is 24.3 Å². The minimum absolute atomic E-state index is 0.0707. The summed E-state index contributed by atoms with van der Waals surface area (Å²) in [5, 5.41) is 9.98. The zero-order valence-electron chi connectivity index (χ0n) is 13.9. The highest BCUT2D eigenvalue weighted by atomic mass is 16.5. The number of methoxy groups -OCH3 is 2. The number of hydrogen-bond donors (Lipinski definition) is 1. The molecule has 1 aromatic carbocycles. The second-order valence-corrected chi connectivity index (χ2v) is 6.90. The average Bonchev–Trinajstić information content (AvgIpc) is 3.03. The molecule has 124 valence electrons. The number of ether oxygens (including phenoxy) is 2. The third-order valence-electron chi connectivity index (χ3n) is 5.99. The van der Waals surface area contributed by atoms with Gasteiger partial charge in [0.25, 0.3) is 0 Å². The molecule has 1 fully saturated rings. The van der Waals surface area contributed by atoms with E-state index >= 15 is 0 Å². The first-order chi connectivity index (χ1) is 11.2. The fourth-order valence-electron chi connectivity index (χ4n) is 5.03. The van der Waals surface area contributed by atoms with Gasteiger partial charge in [-0.2, -0.15) is 0 Å². The SMILES string of the molecule is COc1cc2c(cc1OC)[C@]13C=CC[C@H]1CCCN3[C@H](CO)C2. The van der Waals surface area contributed by atoms with Crippen molar-refractivity contribution in [3.63, 3.8) is 0 Å². The van der Waals surface area contributed by atoms with Gasteiger partial charge < -0.3 is 14.6 Å². The van der Waals surface area contributed by atoms with Crippen LogP contribution in [0, 0.1) is 5.92 Å². The summed E-state index contributed by atoms with van der Waals surface area (Å²) in [5.74, 6) is 2.18. The van der Waals surface area contributed by atoms with Gasteiger partial charge >= 0.3 is 0 Å². The van der Waals surface area contributed by atoms with Crippen LogP contribution in [0.25, 0.3) is 0 Å². The smallest absolute Gasteiger partial charge is 0.161 e. The van der Waals surface area contributed by atoms with Gasteiger partial charge in [-0.3, -0.25) is 4.90 Å². The fourth-order valence-corrected chi connectivity index (χ4v) is 5.03. The Balaban J connectivity index is 1.93. The van der Waals surface area contributed by atoms with Crippen molar-refractivity contribution < 1.29 is 14.6 Å². The van der Waals surface area contributed by atoms with Crippen LogP contribution in [0.2, 0.25) is 0 Å². The van der Waals surface area contributed by atoms with Crippen LogP contribution in [-0.2, 0) is 12.0 Å². The normalized spacial score (nSPS) is 32.1. The number of aliphatic hydroxyl groups is 1. The predicted molar refractivity (Wildman–Crippen MR) is 89.0 cm³/mol. The molecule has 0 radical (unpaired) electrons. The molecular formula is C19H25NO3. The summed E-state index contributed by atoms with van der Waals surface area (Å²) < 4.78 is 11.1. The van der Waals surface area contributed by atoms with Gasteiger partial charge in [0.05, 0.1) is 26.4 Å². The molecular weight excluding hydrogens is 290 g/mol. The van der Waals surface area contributed by atoms with Crippen LogP contribution >= 0.6 is 0 Å². The molecule has 23 heavy (non-hydrogen) atoms. The van der Waals surface area contributed by atoms with E-state index in [0.29, 0.717) is 5.92 Å². The number of piperidine rings is 1. The van der Waals surface area contributed by atoms with Crippen molar-refractivity contribution in [1.82, 2.24) is 4.90 Å². The maximum Gasteiger partial charge on any atom is 0.161 e. The Kier molecular flexibility index (Phi) is 3.62. The van der Waals surface area contributed by atoms with Crippen molar-refractivity contribution in [1.29, 1.82) is 0 Å². The van der Waals surface area contributed by atoms with Crippen LogP contribution in [0.3, 0.4) is 0 Å². The second-order valence-electron chi connectivity index (χ2n) is 6.90. The van der Waals surface area contributed by atoms with Crippen molar-refractivity contribution in [2.75, 3.05) is 27.4 Å². The Hall–Kier alpha value is -1.52. The fraction of sp³-hybridized carbons (Fsp3) is 0.579. The topological polar surface area (TPSA) is 41.9 Å². The first-order valence-corrected chi connectivity index (χ1v) is 8.55. The van der Waals surface area contributed by atoms with Gasteiger partial charge in [0, 0.05) is 6.04 Å². The highest BCUT2D eigenvalue weighted by Crippen LogP contribution is 2.54. The largest absolute Gasteiger partial charge is 0.493 e. The number of benzene rings is 1. The highest BCUT2D eigenvalue weighted by molar-refractivity contribution is 5.54. The monoisotopic (exact) mass is 315 g/mol. The summed E-state index contributed by atoms with van der Waals surface area (Å²) >= 11 is 0. The van der Waals surface area contributed by atoms with E-state index in [2.05, 4.69) is 29.2 Å². The zero-order chi connectivity index (χ0) is 16.0. The van der Waals surface area contributed by atoms with Crippen LogP contribution in [0.5, 0.6) is 11.5 Å². The lowest BCUT2D eigenvalue weighted by Gasteiger charge is -2.55. The molecule has 4 heteroatoms. The number of nitrogens with zero attached hydrogens (tertiary/aromatic N) is 1. The summed E-state index contributed by atoms with van der Waals surface area (Å²) in [4.78, 5) is 2.54. The molecule has 0 amide bonds. The average molecular weight is 315 g/mol. The molecule has 1 spiro atoms.